The molecule has 17 heavy (non-hydrogen) atoms. The lowest BCUT2D eigenvalue weighted by Crippen LogP contribution is -2.14. The average Bonchev–Trinajstić information content (AvgIpc) is 2.71. The molecular weight excluding hydrogens is 221 g/mol. The molecule has 0 aliphatic carbocycles. The van der Waals surface area contributed by atoms with Crippen molar-refractivity contribution in [2.24, 2.45) is 5.73 Å². The molecule has 0 fully saturated rings. The fraction of sp³-hybridized carbons (Fsp3) is 0.250. The van der Waals surface area contributed by atoms with Gasteiger partial charge in [0.25, 0.3) is 0 Å². The summed E-state index contributed by atoms with van der Waals surface area (Å²) >= 11 is 0. The zero-order valence-corrected chi connectivity index (χ0v) is 9.47. The molecule has 3 N–H and O–H groups in total. The van der Waals surface area contributed by atoms with Crippen molar-refractivity contribution >= 4 is 0 Å². The summed E-state index contributed by atoms with van der Waals surface area (Å²) in [7, 11) is 0. The number of aryl methyl sites for hydroxylation is 1. The summed E-state index contributed by atoms with van der Waals surface area (Å²) in [6.07, 6.45) is 1.65. The first-order chi connectivity index (χ1) is 8.13. The molecule has 0 aliphatic heterocycles. The van der Waals surface area contributed by atoms with Gasteiger partial charge in [-0.2, -0.15) is 5.10 Å². The predicted octanol–water partition coefficient (Wildman–Crippen LogP) is 1.31. The van der Waals surface area contributed by atoms with Gasteiger partial charge in [0, 0.05) is 11.8 Å². The van der Waals surface area contributed by atoms with Crippen LogP contribution in [0.1, 0.15) is 17.3 Å². The third-order valence-corrected chi connectivity index (χ3v) is 2.63. The topological polar surface area (TPSA) is 64.1 Å². The lowest BCUT2D eigenvalue weighted by molar-refractivity contribution is 0.267. The van der Waals surface area contributed by atoms with Crippen molar-refractivity contribution in [3.8, 4) is 5.69 Å². The molecule has 1 aromatic carbocycles. The van der Waals surface area contributed by atoms with E-state index in [-0.39, 0.29) is 12.4 Å². The van der Waals surface area contributed by atoms with Crippen molar-refractivity contribution in [3.05, 3.63) is 47.5 Å². The minimum atomic E-state index is -0.490. The van der Waals surface area contributed by atoms with Crippen molar-refractivity contribution < 1.29 is 9.50 Å². The van der Waals surface area contributed by atoms with E-state index in [2.05, 4.69) is 5.10 Å². The summed E-state index contributed by atoms with van der Waals surface area (Å²) in [6.45, 7) is 1.62. The zero-order valence-electron chi connectivity index (χ0n) is 9.47. The molecule has 4 nitrogen and oxygen atoms in total. The molecule has 1 unspecified atom stereocenters. The summed E-state index contributed by atoms with van der Waals surface area (Å²) in [5, 5.41) is 13.2. The van der Waals surface area contributed by atoms with E-state index in [0.717, 1.165) is 5.56 Å². The van der Waals surface area contributed by atoms with Crippen LogP contribution in [-0.4, -0.2) is 21.5 Å². The van der Waals surface area contributed by atoms with Crippen LogP contribution in [0.2, 0.25) is 0 Å². The second kappa shape index (κ2) is 4.65. The van der Waals surface area contributed by atoms with Crippen molar-refractivity contribution in [2.45, 2.75) is 13.0 Å². The van der Waals surface area contributed by atoms with Gasteiger partial charge in [0.05, 0.1) is 18.3 Å². The number of rotatable bonds is 3. The Morgan fingerprint density at radius 2 is 2.18 bits per heavy atom. The van der Waals surface area contributed by atoms with E-state index in [4.69, 9.17) is 10.8 Å². The number of nitrogens with zero attached hydrogens (tertiary/aromatic N) is 2. The second-order valence-corrected chi connectivity index (χ2v) is 3.85. The highest BCUT2D eigenvalue weighted by atomic mass is 19.1. The van der Waals surface area contributed by atoms with E-state index in [1.807, 2.05) is 0 Å². The maximum atomic E-state index is 13.6. The Balaban J connectivity index is 2.45. The summed E-state index contributed by atoms with van der Waals surface area (Å²) in [6, 6.07) is 5.88. The van der Waals surface area contributed by atoms with Gasteiger partial charge in [0.2, 0.25) is 0 Å². The van der Waals surface area contributed by atoms with E-state index in [1.54, 1.807) is 31.3 Å². The lowest BCUT2D eigenvalue weighted by Gasteiger charge is -2.05. The first-order valence-electron chi connectivity index (χ1n) is 5.31. The molecule has 2 aromatic rings. The Labute approximate surface area is 98.5 Å². The number of aliphatic hydroxyl groups is 1. The number of halogens is 1. The van der Waals surface area contributed by atoms with Crippen molar-refractivity contribution in [1.82, 2.24) is 9.78 Å². The quantitative estimate of drug-likeness (QED) is 0.843. The number of para-hydroxylation sites is 1. The molecule has 0 amide bonds. The van der Waals surface area contributed by atoms with Gasteiger partial charge in [-0.1, -0.05) is 12.1 Å². The number of aliphatic hydroxyl groups excluding tert-OH is 1. The molecular formula is C12H14FN3O. The van der Waals surface area contributed by atoms with Gasteiger partial charge in [-0.05, 0) is 19.1 Å². The molecule has 2 rings (SSSR count). The Morgan fingerprint density at radius 1 is 1.47 bits per heavy atom. The predicted molar refractivity (Wildman–Crippen MR) is 62.3 cm³/mol. The van der Waals surface area contributed by atoms with Crippen LogP contribution >= 0.6 is 0 Å². The minimum absolute atomic E-state index is 0.163. The fourth-order valence-electron chi connectivity index (χ4n) is 1.70. The Kier molecular flexibility index (Phi) is 3.21. The van der Waals surface area contributed by atoms with E-state index in [9.17, 15) is 4.39 Å². The van der Waals surface area contributed by atoms with Crippen molar-refractivity contribution in [1.29, 1.82) is 0 Å². The third kappa shape index (κ3) is 2.20. The van der Waals surface area contributed by atoms with Crippen LogP contribution in [0.3, 0.4) is 0 Å². The first kappa shape index (κ1) is 11.8. The maximum Gasteiger partial charge on any atom is 0.148 e. The molecule has 0 spiro atoms. The molecule has 5 heteroatoms. The van der Waals surface area contributed by atoms with Crippen molar-refractivity contribution in [3.63, 3.8) is 0 Å². The van der Waals surface area contributed by atoms with Crippen LogP contribution in [-0.2, 0) is 0 Å². The zero-order chi connectivity index (χ0) is 12.4. The molecule has 0 radical (unpaired) electrons. The van der Waals surface area contributed by atoms with E-state index in [1.165, 1.54) is 10.7 Å². The normalized spacial score (nSPS) is 12.7. The summed E-state index contributed by atoms with van der Waals surface area (Å²) < 4.78 is 15.0. The van der Waals surface area contributed by atoms with E-state index in [0.29, 0.717) is 11.4 Å². The number of nitrogens with two attached hydrogens (primary N) is 1. The molecule has 1 atom stereocenters. The average molecular weight is 235 g/mol. The Morgan fingerprint density at radius 3 is 2.82 bits per heavy atom. The van der Waals surface area contributed by atoms with Gasteiger partial charge in [-0.3, -0.25) is 0 Å². The molecule has 0 saturated heterocycles. The van der Waals surface area contributed by atoms with Crippen LogP contribution < -0.4 is 5.73 Å². The highest BCUT2D eigenvalue weighted by Gasteiger charge is 2.14. The molecule has 0 bridgehead atoms. The lowest BCUT2D eigenvalue weighted by atomic mass is 10.1. The third-order valence-electron chi connectivity index (χ3n) is 2.63. The standard InChI is InChI=1S/C12H14FN3O/c1-8-9(11(14)7-17)6-16(15-8)12-5-3-2-4-10(12)13/h2-6,11,17H,7,14H2,1H3. The van der Waals surface area contributed by atoms with Gasteiger partial charge in [-0.15, -0.1) is 0 Å². The largest absolute Gasteiger partial charge is 0.394 e. The van der Waals surface area contributed by atoms with Gasteiger partial charge in [0.15, 0.2) is 0 Å². The van der Waals surface area contributed by atoms with Crippen LogP contribution in [0.5, 0.6) is 0 Å². The van der Waals surface area contributed by atoms with Crippen LogP contribution in [0.4, 0.5) is 4.39 Å². The highest BCUT2D eigenvalue weighted by molar-refractivity contribution is 5.34. The van der Waals surface area contributed by atoms with Gasteiger partial charge in [-0.25, -0.2) is 9.07 Å². The fourth-order valence-corrected chi connectivity index (χ4v) is 1.70. The summed E-state index contributed by atoms with van der Waals surface area (Å²) in [5.41, 5.74) is 7.50. The SMILES string of the molecule is Cc1nn(-c2ccccc2F)cc1C(N)CO. The second-order valence-electron chi connectivity index (χ2n) is 3.85. The van der Waals surface area contributed by atoms with Gasteiger partial charge >= 0.3 is 0 Å². The minimum Gasteiger partial charge on any atom is -0.394 e. The van der Waals surface area contributed by atoms with Crippen LogP contribution in [0.25, 0.3) is 5.69 Å². The van der Waals surface area contributed by atoms with Crippen LogP contribution in [0, 0.1) is 12.7 Å². The molecule has 1 aromatic heterocycles. The molecule has 0 aliphatic rings. The van der Waals surface area contributed by atoms with E-state index >= 15 is 0 Å². The molecule has 1 heterocycles. The Hall–Kier alpha value is -1.72. The van der Waals surface area contributed by atoms with Gasteiger partial charge < -0.3 is 10.8 Å². The number of hydrogen-bond acceptors (Lipinski definition) is 3. The number of aromatic nitrogens is 2. The maximum absolute atomic E-state index is 13.6. The van der Waals surface area contributed by atoms with Gasteiger partial charge in [0.1, 0.15) is 11.5 Å². The number of benzene rings is 1. The van der Waals surface area contributed by atoms with E-state index < -0.39 is 6.04 Å². The molecule has 90 valence electrons. The number of hydrogen-bond donors (Lipinski definition) is 2. The van der Waals surface area contributed by atoms with Crippen LogP contribution in [0.15, 0.2) is 30.5 Å². The first-order valence-corrected chi connectivity index (χ1v) is 5.31. The molecule has 0 saturated carbocycles. The van der Waals surface area contributed by atoms with Crippen molar-refractivity contribution in [2.75, 3.05) is 6.61 Å². The smallest absolute Gasteiger partial charge is 0.148 e. The highest BCUT2D eigenvalue weighted by Crippen LogP contribution is 2.18. The summed E-state index contributed by atoms with van der Waals surface area (Å²) in [4.78, 5) is 0. The Bertz CT molecular complexity index is 524. The summed E-state index contributed by atoms with van der Waals surface area (Å²) in [5.74, 6) is -0.348. The monoisotopic (exact) mass is 235 g/mol.